The lowest BCUT2D eigenvalue weighted by molar-refractivity contribution is 0.103. The highest BCUT2D eigenvalue weighted by molar-refractivity contribution is 9.10. The zero-order valence-corrected chi connectivity index (χ0v) is 13.9. The average molecular weight is 386 g/mol. The van der Waals surface area contributed by atoms with Crippen molar-refractivity contribution < 1.29 is 4.79 Å². The number of rotatable bonds is 4. The lowest BCUT2D eigenvalue weighted by Crippen LogP contribution is -2.13. The summed E-state index contributed by atoms with van der Waals surface area (Å²) in [5, 5.41) is 0.391. The molecule has 0 saturated heterocycles. The fraction of sp³-hybridized carbons (Fsp3) is 0.0667. The Labute approximate surface area is 140 Å². The Balaban J connectivity index is 2.55. The highest BCUT2D eigenvalue weighted by atomic mass is 79.9. The molecule has 0 aliphatic rings. The molecular formula is C15H11BrCl2N2O. The van der Waals surface area contributed by atoms with E-state index < -0.39 is 0 Å². The summed E-state index contributed by atoms with van der Waals surface area (Å²) in [7, 11) is 0. The van der Waals surface area contributed by atoms with Crippen molar-refractivity contribution in [3.05, 3.63) is 63.1 Å². The van der Waals surface area contributed by atoms with Gasteiger partial charge >= 0.3 is 0 Å². The summed E-state index contributed by atoms with van der Waals surface area (Å²) < 4.78 is 0.765. The van der Waals surface area contributed by atoms with Crippen LogP contribution in [-0.4, -0.2) is 17.5 Å². The topological polar surface area (TPSA) is 55.4 Å². The fourth-order valence-electron chi connectivity index (χ4n) is 1.76. The van der Waals surface area contributed by atoms with Crippen LogP contribution in [0, 0.1) is 0 Å². The Kier molecular flexibility index (Phi) is 5.39. The van der Waals surface area contributed by atoms with Gasteiger partial charge in [-0.15, -0.1) is 11.6 Å². The van der Waals surface area contributed by atoms with Gasteiger partial charge in [0.2, 0.25) is 0 Å². The number of benzene rings is 2. The number of amidine groups is 1. The van der Waals surface area contributed by atoms with E-state index in [4.69, 9.17) is 28.9 Å². The van der Waals surface area contributed by atoms with Crippen LogP contribution in [0.25, 0.3) is 0 Å². The van der Waals surface area contributed by atoms with E-state index in [1.54, 1.807) is 42.5 Å². The average Bonchev–Trinajstić information content (AvgIpc) is 2.48. The number of nitrogens with two attached hydrogens (primary N) is 1. The SMILES string of the molecule is NC(CCl)=Nc1ccc(Br)cc1C(=O)c1ccccc1Cl. The summed E-state index contributed by atoms with van der Waals surface area (Å²) in [5.74, 6) is 0.116. The maximum absolute atomic E-state index is 12.7. The third kappa shape index (κ3) is 3.84. The van der Waals surface area contributed by atoms with Gasteiger partial charge in [0.15, 0.2) is 5.78 Å². The molecule has 0 fully saturated rings. The van der Waals surface area contributed by atoms with E-state index in [0.717, 1.165) is 4.47 Å². The lowest BCUT2D eigenvalue weighted by atomic mass is 10.0. The van der Waals surface area contributed by atoms with Crippen LogP contribution in [0.5, 0.6) is 0 Å². The van der Waals surface area contributed by atoms with Gasteiger partial charge in [-0.05, 0) is 30.3 Å². The largest absolute Gasteiger partial charge is 0.386 e. The molecular weight excluding hydrogens is 375 g/mol. The zero-order valence-electron chi connectivity index (χ0n) is 10.8. The molecule has 0 aromatic heterocycles. The molecule has 0 atom stereocenters. The van der Waals surface area contributed by atoms with Gasteiger partial charge in [0, 0.05) is 15.6 Å². The van der Waals surface area contributed by atoms with Crippen molar-refractivity contribution in [3.8, 4) is 0 Å². The number of halogens is 3. The molecule has 0 heterocycles. The van der Waals surface area contributed by atoms with E-state index in [0.29, 0.717) is 21.8 Å². The fourth-order valence-corrected chi connectivity index (χ4v) is 2.41. The number of alkyl halides is 1. The van der Waals surface area contributed by atoms with Gasteiger partial charge in [0.1, 0.15) is 5.84 Å². The van der Waals surface area contributed by atoms with Crippen molar-refractivity contribution in [3.63, 3.8) is 0 Å². The third-order valence-corrected chi connectivity index (χ3v) is 3.82. The van der Waals surface area contributed by atoms with Crippen molar-refractivity contribution in [2.75, 3.05) is 5.88 Å². The monoisotopic (exact) mass is 384 g/mol. The first kappa shape index (κ1) is 16.0. The van der Waals surface area contributed by atoms with Crippen LogP contribution < -0.4 is 5.73 Å². The molecule has 108 valence electrons. The van der Waals surface area contributed by atoms with E-state index in [1.807, 2.05) is 0 Å². The minimum Gasteiger partial charge on any atom is -0.386 e. The normalized spacial score (nSPS) is 11.5. The van der Waals surface area contributed by atoms with Crippen LogP contribution in [0.3, 0.4) is 0 Å². The molecule has 2 aromatic carbocycles. The quantitative estimate of drug-likeness (QED) is 0.363. The van der Waals surface area contributed by atoms with Crippen molar-refractivity contribution in [1.29, 1.82) is 0 Å². The molecule has 0 bridgehead atoms. The Morgan fingerprint density at radius 1 is 1.19 bits per heavy atom. The predicted octanol–water partition coefficient (Wildman–Crippen LogP) is 4.56. The van der Waals surface area contributed by atoms with Crippen LogP contribution in [0.15, 0.2) is 51.9 Å². The minimum atomic E-state index is -0.219. The molecule has 0 aliphatic carbocycles. The highest BCUT2D eigenvalue weighted by Crippen LogP contribution is 2.28. The molecule has 21 heavy (non-hydrogen) atoms. The number of hydrogen-bond donors (Lipinski definition) is 1. The molecule has 0 saturated carbocycles. The van der Waals surface area contributed by atoms with Crippen LogP contribution >= 0.6 is 39.1 Å². The summed E-state index contributed by atoms with van der Waals surface area (Å²) in [6.07, 6.45) is 0. The molecule has 2 rings (SSSR count). The van der Waals surface area contributed by atoms with Crippen molar-refractivity contribution in [1.82, 2.24) is 0 Å². The van der Waals surface area contributed by atoms with E-state index in [9.17, 15) is 4.79 Å². The number of carbonyl (C=O) groups is 1. The van der Waals surface area contributed by atoms with E-state index >= 15 is 0 Å². The molecule has 3 nitrogen and oxygen atoms in total. The Morgan fingerprint density at radius 2 is 1.90 bits per heavy atom. The molecule has 6 heteroatoms. The number of nitrogens with zero attached hydrogens (tertiary/aromatic N) is 1. The van der Waals surface area contributed by atoms with Gasteiger partial charge in [0.25, 0.3) is 0 Å². The lowest BCUT2D eigenvalue weighted by Gasteiger charge is -2.08. The van der Waals surface area contributed by atoms with E-state index in [2.05, 4.69) is 20.9 Å². The van der Waals surface area contributed by atoms with Gasteiger partial charge in [-0.3, -0.25) is 4.79 Å². The minimum absolute atomic E-state index is 0.0930. The Hall–Kier alpha value is -1.36. The summed E-state index contributed by atoms with van der Waals surface area (Å²) in [6.45, 7) is 0. The maximum Gasteiger partial charge on any atom is 0.196 e. The summed E-state index contributed by atoms with van der Waals surface area (Å²) >= 11 is 15.1. The molecule has 0 amide bonds. The second-order valence-corrected chi connectivity index (χ2v) is 5.80. The first-order valence-electron chi connectivity index (χ1n) is 6.00. The van der Waals surface area contributed by atoms with Gasteiger partial charge in [-0.1, -0.05) is 39.7 Å². The van der Waals surface area contributed by atoms with Crippen LogP contribution in [-0.2, 0) is 0 Å². The van der Waals surface area contributed by atoms with Crippen LogP contribution in [0.4, 0.5) is 5.69 Å². The first-order valence-corrected chi connectivity index (χ1v) is 7.71. The van der Waals surface area contributed by atoms with Crippen molar-refractivity contribution >= 4 is 56.4 Å². The number of carbonyl (C=O) groups excluding carboxylic acids is 1. The third-order valence-electron chi connectivity index (χ3n) is 2.72. The second kappa shape index (κ2) is 7.07. The highest BCUT2D eigenvalue weighted by Gasteiger charge is 2.16. The van der Waals surface area contributed by atoms with Gasteiger partial charge in [0.05, 0.1) is 16.6 Å². The maximum atomic E-state index is 12.7. The Bertz CT molecular complexity index is 717. The van der Waals surface area contributed by atoms with Crippen LogP contribution in [0.1, 0.15) is 15.9 Å². The molecule has 0 unspecified atom stereocenters. The van der Waals surface area contributed by atoms with Crippen LogP contribution in [0.2, 0.25) is 5.02 Å². The number of ketones is 1. The summed E-state index contributed by atoms with van der Waals surface area (Å²) in [5.41, 5.74) is 6.93. The molecule has 0 radical (unpaired) electrons. The Morgan fingerprint density at radius 3 is 2.57 bits per heavy atom. The predicted molar refractivity (Wildman–Crippen MR) is 91.0 cm³/mol. The molecule has 0 spiro atoms. The second-order valence-electron chi connectivity index (χ2n) is 4.21. The number of hydrogen-bond acceptors (Lipinski definition) is 2. The number of aliphatic imine (C=N–C) groups is 1. The van der Waals surface area contributed by atoms with Crippen molar-refractivity contribution in [2.24, 2.45) is 10.7 Å². The summed E-state index contributed by atoms with van der Waals surface area (Å²) in [4.78, 5) is 16.8. The van der Waals surface area contributed by atoms with Gasteiger partial charge in [-0.25, -0.2) is 4.99 Å². The summed E-state index contributed by atoms with van der Waals surface area (Å²) in [6, 6.07) is 12.0. The van der Waals surface area contributed by atoms with E-state index in [-0.39, 0.29) is 17.5 Å². The zero-order chi connectivity index (χ0) is 15.4. The first-order chi connectivity index (χ1) is 10.0. The molecule has 2 aromatic rings. The van der Waals surface area contributed by atoms with E-state index in [1.165, 1.54) is 0 Å². The molecule has 2 N–H and O–H groups in total. The van der Waals surface area contributed by atoms with Gasteiger partial charge in [-0.2, -0.15) is 0 Å². The van der Waals surface area contributed by atoms with Gasteiger partial charge < -0.3 is 5.73 Å². The standard InChI is InChI=1S/C15H11BrCl2N2O/c16-9-5-6-13(20-14(19)8-17)11(7-9)15(21)10-3-1-2-4-12(10)18/h1-7H,8H2,(H2,19,20). The molecule has 0 aliphatic heterocycles. The smallest absolute Gasteiger partial charge is 0.196 e. The van der Waals surface area contributed by atoms with Crippen molar-refractivity contribution in [2.45, 2.75) is 0 Å².